The van der Waals surface area contributed by atoms with Gasteiger partial charge in [-0.15, -0.1) is 24.0 Å². The molecule has 2 unspecified atom stereocenters. The zero-order valence-electron chi connectivity index (χ0n) is 14.7. The summed E-state index contributed by atoms with van der Waals surface area (Å²) in [5.41, 5.74) is 0. The lowest BCUT2D eigenvalue weighted by molar-refractivity contribution is 0.153. The van der Waals surface area contributed by atoms with Crippen molar-refractivity contribution in [2.45, 2.75) is 39.2 Å². The van der Waals surface area contributed by atoms with E-state index in [1.165, 1.54) is 25.5 Å². The summed E-state index contributed by atoms with van der Waals surface area (Å²) in [4.78, 5) is 4.23. The predicted octanol–water partition coefficient (Wildman–Crippen LogP) is 1.66. The van der Waals surface area contributed by atoms with Crippen molar-refractivity contribution in [3.8, 4) is 0 Å². The van der Waals surface area contributed by atoms with E-state index in [1.54, 1.807) is 7.05 Å². The quantitative estimate of drug-likeness (QED) is 0.261. The number of rotatable bonds is 7. The summed E-state index contributed by atoms with van der Waals surface area (Å²) < 4.78 is 27.2. The van der Waals surface area contributed by atoms with Crippen LogP contribution in [0.15, 0.2) is 4.99 Å². The molecule has 0 saturated heterocycles. The van der Waals surface area contributed by atoms with E-state index in [2.05, 4.69) is 29.5 Å². The van der Waals surface area contributed by atoms with Gasteiger partial charge >= 0.3 is 0 Å². The first-order chi connectivity index (χ1) is 10.3. The molecule has 138 valence electrons. The Kier molecular flexibility index (Phi) is 11.4. The molecular formula is C15H32IN3O3S. The maximum absolute atomic E-state index is 11.0. The highest BCUT2D eigenvalue weighted by molar-refractivity contribution is 14.0. The molecular weight excluding hydrogens is 429 g/mol. The summed E-state index contributed by atoms with van der Waals surface area (Å²) in [5.74, 6) is 2.35. The number of halogens is 1. The standard InChI is InChI=1S/C15H31N3O3S.HI/c1-12-9-13(2)11-14(10-12)18-15(16-3)17-5-6-21-7-8-22(4,19)20;/h12-14H,5-11H2,1-4H3,(H2,16,17,18);1H. The minimum Gasteiger partial charge on any atom is -0.379 e. The molecule has 23 heavy (non-hydrogen) atoms. The molecule has 1 aliphatic carbocycles. The molecule has 0 bridgehead atoms. The largest absolute Gasteiger partial charge is 0.379 e. The summed E-state index contributed by atoms with van der Waals surface area (Å²) in [6.45, 7) is 5.92. The van der Waals surface area contributed by atoms with E-state index in [0.29, 0.717) is 19.2 Å². The van der Waals surface area contributed by atoms with Crippen LogP contribution in [0.3, 0.4) is 0 Å². The number of hydrogen-bond donors (Lipinski definition) is 2. The lowest BCUT2D eigenvalue weighted by Crippen LogP contribution is -2.46. The van der Waals surface area contributed by atoms with Gasteiger partial charge in [-0.2, -0.15) is 0 Å². The van der Waals surface area contributed by atoms with Crippen LogP contribution in [0.4, 0.5) is 0 Å². The van der Waals surface area contributed by atoms with Crippen LogP contribution in [-0.4, -0.2) is 59.2 Å². The van der Waals surface area contributed by atoms with E-state index in [0.717, 1.165) is 17.8 Å². The van der Waals surface area contributed by atoms with Gasteiger partial charge in [0.1, 0.15) is 9.84 Å². The Hall–Kier alpha value is -0.0900. The van der Waals surface area contributed by atoms with E-state index in [4.69, 9.17) is 4.74 Å². The van der Waals surface area contributed by atoms with Crippen molar-refractivity contribution in [1.29, 1.82) is 0 Å². The number of ether oxygens (including phenoxy) is 1. The maximum atomic E-state index is 11.0. The van der Waals surface area contributed by atoms with Gasteiger partial charge in [0.2, 0.25) is 0 Å². The van der Waals surface area contributed by atoms with Crippen LogP contribution >= 0.6 is 24.0 Å². The Morgan fingerprint density at radius 2 is 1.78 bits per heavy atom. The zero-order chi connectivity index (χ0) is 16.6. The second-order valence-electron chi connectivity index (χ2n) is 6.50. The lowest BCUT2D eigenvalue weighted by Gasteiger charge is -2.32. The molecule has 0 radical (unpaired) electrons. The van der Waals surface area contributed by atoms with E-state index >= 15 is 0 Å². The van der Waals surface area contributed by atoms with Crippen LogP contribution in [0.2, 0.25) is 0 Å². The highest BCUT2D eigenvalue weighted by Gasteiger charge is 2.24. The third kappa shape index (κ3) is 11.1. The molecule has 8 heteroatoms. The minimum absolute atomic E-state index is 0. The number of hydrogen-bond acceptors (Lipinski definition) is 4. The number of nitrogens with zero attached hydrogens (tertiary/aromatic N) is 1. The van der Waals surface area contributed by atoms with Crippen molar-refractivity contribution in [1.82, 2.24) is 10.6 Å². The molecule has 0 aliphatic heterocycles. The van der Waals surface area contributed by atoms with Crippen LogP contribution < -0.4 is 10.6 Å². The molecule has 0 aromatic rings. The molecule has 1 aliphatic rings. The molecule has 0 amide bonds. The monoisotopic (exact) mass is 461 g/mol. The zero-order valence-corrected chi connectivity index (χ0v) is 17.8. The van der Waals surface area contributed by atoms with E-state index in [9.17, 15) is 8.42 Å². The van der Waals surface area contributed by atoms with Gasteiger partial charge in [-0.25, -0.2) is 8.42 Å². The molecule has 2 atom stereocenters. The fourth-order valence-electron chi connectivity index (χ4n) is 3.01. The molecule has 1 saturated carbocycles. The fourth-order valence-corrected chi connectivity index (χ4v) is 3.43. The van der Waals surface area contributed by atoms with Crippen molar-refractivity contribution >= 4 is 39.8 Å². The number of sulfone groups is 1. The molecule has 1 rings (SSSR count). The van der Waals surface area contributed by atoms with Gasteiger partial charge in [-0.3, -0.25) is 4.99 Å². The summed E-state index contributed by atoms with van der Waals surface area (Å²) in [6.07, 6.45) is 4.87. The Morgan fingerprint density at radius 1 is 1.17 bits per heavy atom. The molecule has 2 N–H and O–H groups in total. The normalized spacial score (nSPS) is 25.6. The Balaban J connectivity index is 0.00000484. The Labute approximate surface area is 158 Å². The van der Waals surface area contributed by atoms with Crippen molar-refractivity contribution in [2.75, 3.05) is 38.8 Å². The van der Waals surface area contributed by atoms with Gasteiger partial charge in [-0.1, -0.05) is 13.8 Å². The summed E-state index contributed by atoms with van der Waals surface area (Å²) >= 11 is 0. The van der Waals surface area contributed by atoms with Gasteiger partial charge < -0.3 is 15.4 Å². The number of guanidine groups is 1. The molecule has 0 aromatic heterocycles. The third-order valence-corrected chi connectivity index (χ3v) is 4.79. The molecule has 0 heterocycles. The van der Waals surface area contributed by atoms with Crippen LogP contribution in [0.5, 0.6) is 0 Å². The summed E-state index contributed by atoms with van der Waals surface area (Å²) in [5, 5.41) is 6.68. The summed E-state index contributed by atoms with van der Waals surface area (Å²) in [6, 6.07) is 0.469. The second kappa shape index (κ2) is 11.5. The maximum Gasteiger partial charge on any atom is 0.191 e. The van der Waals surface area contributed by atoms with E-state index < -0.39 is 9.84 Å². The van der Waals surface area contributed by atoms with Gasteiger partial charge in [0.25, 0.3) is 0 Å². The van der Waals surface area contributed by atoms with E-state index in [-0.39, 0.29) is 36.3 Å². The highest BCUT2D eigenvalue weighted by Crippen LogP contribution is 2.28. The van der Waals surface area contributed by atoms with Gasteiger partial charge in [0, 0.05) is 25.9 Å². The number of nitrogens with one attached hydrogen (secondary N) is 2. The first kappa shape index (κ1) is 22.9. The van der Waals surface area contributed by atoms with Gasteiger partial charge in [0.05, 0.1) is 19.0 Å². The molecule has 0 aromatic carbocycles. The third-order valence-electron chi connectivity index (χ3n) is 3.88. The SMILES string of the molecule is CN=C(NCCOCCS(C)(=O)=O)NC1CC(C)CC(C)C1.I. The van der Waals surface area contributed by atoms with Gasteiger partial charge in [0.15, 0.2) is 5.96 Å². The number of aliphatic imine (C=N–C) groups is 1. The van der Waals surface area contributed by atoms with Crippen molar-refractivity contribution in [3.63, 3.8) is 0 Å². The first-order valence-corrected chi connectivity index (χ1v) is 10.1. The van der Waals surface area contributed by atoms with E-state index in [1.807, 2.05) is 0 Å². The van der Waals surface area contributed by atoms with Crippen LogP contribution in [-0.2, 0) is 14.6 Å². The summed E-state index contributed by atoms with van der Waals surface area (Å²) in [7, 11) is -1.18. The van der Waals surface area contributed by atoms with Gasteiger partial charge in [-0.05, 0) is 31.1 Å². The van der Waals surface area contributed by atoms with Crippen LogP contribution in [0.1, 0.15) is 33.1 Å². The Bertz CT molecular complexity index is 447. The minimum atomic E-state index is -2.94. The average Bonchev–Trinajstić information content (AvgIpc) is 2.38. The first-order valence-electron chi connectivity index (χ1n) is 8.02. The van der Waals surface area contributed by atoms with Crippen LogP contribution in [0, 0.1) is 11.8 Å². The average molecular weight is 461 g/mol. The lowest BCUT2D eigenvalue weighted by atomic mass is 9.80. The van der Waals surface area contributed by atoms with Crippen LogP contribution in [0.25, 0.3) is 0 Å². The predicted molar refractivity (Wildman–Crippen MR) is 106 cm³/mol. The molecule has 1 fully saturated rings. The fraction of sp³-hybridized carbons (Fsp3) is 0.933. The van der Waals surface area contributed by atoms with Crippen molar-refractivity contribution < 1.29 is 13.2 Å². The Morgan fingerprint density at radius 3 is 2.30 bits per heavy atom. The topological polar surface area (TPSA) is 79.8 Å². The second-order valence-corrected chi connectivity index (χ2v) is 8.76. The van der Waals surface area contributed by atoms with Crippen molar-refractivity contribution in [3.05, 3.63) is 0 Å². The highest BCUT2D eigenvalue weighted by atomic mass is 127. The smallest absolute Gasteiger partial charge is 0.191 e. The molecule has 0 spiro atoms. The molecule has 6 nitrogen and oxygen atoms in total. The van der Waals surface area contributed by atoms with Crippen molar-refractivity contribution in [2.24, 2.45) is 16.8 Å².